The minimum Gasteiger partial charge on any atom is -0.497 e. The van der Waals surface area contributed by atoms with Gasteiger partial charge in [0, 0.05) is 45.4 Å². The first-order valence-corrected chi connectivity index (χ1v) is 28.7. The zero-order valence-corrected chi connectivity index (χ0v) is 48.1. The van der Waals surface area contributed by atoms with Gasteiger partial charge < -0.3 is 50.1 Å². The van der Waals surface area contributed by atoms with Crippen molar-refractivity contribution in [2.75, 3.05) is 72.6 Å². The molecule has 2 aromatic carbocycles. The van der Waals surface area contributed by atoms with Crippen LogP contribution in [0, 0.1) is 23.7 Å². The lowest BCUT2D eigenvalue weighted by molar-refractivity contribution is -0.154. The Labute approximate surface area is 481 Å². The molecule has 15 amide bonds. The molecule has 7 heterocycles. The summed E-state index contributed by atoms with van der Waals surface area (Å²) in [5.74, 6) is -7.06. The van der Waals surface area contributed by atoms with Gasteiger partial charge in [0.05, 0.1) is 59.5 Å². The minimum absolute atomic E-state index is 0.0725. The maximum Gasteiger partial charge on any atom is 0.325 e. The van der Waals surface area contributed by atoms with E-state index in [1.807, 2.05) is 0 Å². The summed E-state index contributed by atoms with van der Waals surface area (Å²) in [6.07, 6.45) is 0.376. The number of nitrogens with zero attached hydrogens (tertiary/aromatic N) is 9. The van der Waals surface area contributed by atoms with Crippen molar-refractivity contribution in [2.45, 2.75) is 121 Å². The van der Waals surface area contributed by atoms with E-state index in [4.69, 9.17) is 4.74 Å². The summed E-state index contributed by atoms with van der Waals surface area (Å²) in [7, 11) is 1.50. The van der Waals surface area contributed by atoms with Crippen molar-refractivity contribution in [3.05, 3.63) is 65.7 Å². The number of rotatable bonds is 13. The van der Waals surface area contributed by atoms with E-state index in [0.717, 1.165) is 42.2 Å². The maximum absolute atomic E-state index is 15.6. The molecule has 3 spiro atoms. The first-order chi connectivity index (χ1) is 39.3. The molecule has 2 aromatic rings. The highest BCUT2D eigenvalue weighted by Gasteiger charge is 2.64. The van der Waals surface area contributed by atoms with Crippen LogP contribution in [-0.2, 0) is 56.2 Å². The second-order valence-corrected chi connectivity index (χ2v) is 25.1. The highest BCUT2D eigenvalue weighted by Crippen LogP contribution is 2.40. The summed E-state index contributed by atoms with van der Waals surface area (Å²) in [5.41, 5.74) is -4.27. The van der Waals surface area contributed by atoms with Crippen molar-refractivity contribution < 1.29 is 62.3 Å². The van der Waals surface area contributed by atoms with Crippen molar-refractivity contribution in [3.63, 3.8) is 0 Å². The Kier molecular flexibility index (Phi) is 15.6. The Balaban J connectivity index is 1.07. The van der Waals surface area contributed by atoms with Crippen molar-refractivity contribution in [3.8, 4) is 5.75 Å². The summed E-state index contributed by atoms with van der Waals surface area (Å²) in [6.45, 7) is 6.82. The lowest BCUT2D eigenvalue weighted by atomic mass is 9.95. The average Bonchev–Trinajstić information content (AvgIpc) is 1.68. The first-order valence-electron chi connectivity index (χ1n) is 28.7. The Morgan fingerprint density at radius 2 is 0.807 bits per heavy atom. The number of carbonyl (C=O) groups excluding carboxylic acids is 12. The zero-order valence-electron chi connectivity index (χ0n) is 48.1. The van der Waals surface area contributed by atoms with Crippen LogP contribution in [0.1, 0.15) is 84.8 Å². The van der Waals surface area contributed by atoms with Gasteiger partial charge in [0.1, 0.15) is 40.5 Å². The number of carbonyl (C=O) groups is 12. The van der Waals surface area contributed by atoms with E-state index < -0.39 is 158 Å². The summed E-state index contributed by atoms with van der Waals surface area (Å²) in [5, 5.41) is 8.40. The smallest absolute Gasteiger partial charge is 0.325 e. The average molecular weight is 1150 g/mol. The third kappa shape index (κ3) is 11.0. The molecule has 0 aromatic heterocycles. The fourth-order valence-corrected chi connectivity index (χ4v) is 13.0. The molecule has 444 valence electrons. The van der Waals surface area contributed by atoms with Gasteiger partial charge in [0.25, 0.3) is 17.7 Å². The number of methoxy groups -OCH3 is 1. The van der Waals surface area contributed by atoms with Crippen LogP contribution in [0.4, 0.5) is 14.4 Å². The molecule has 1 saturated carbocycles. The second kappa shape index (κ2) is 22.2. The fraction of sp³-hybridized carbons (Fsp3) is 0.586. The van der Waals surface area contributed by atoms with E-state index in [1.54, 1.807) is 96.1 Å². The minimum atomic E-state index is -1.86. The molecule has 6 atom stereocenters. The number of fused-ring (bicyclic) bond motifs is 3. The predicted octanol–water partition coefficient (Wildman–Crippen LogP) is 0.947. The summed E-state index contributed by atoms with van der Waals surface area (Å²) < 4.78 is 5.29. The van der Waals surface area contributed by atoms with Crippen LogP contribution in [-0.4, -0.2) is 223 Å². The number of hydrogen-bond donors (Lipinski definition) is 3. The number of benzene rings is 2. The van der Waals surface area contributed by atoms with Crippen molar-refractivity contribution in [2.24, 2.45) is 23.7 Å². The number of ether oxygens (including phenoxy) is 1. The van der Waals surface area contributed by atoms with Gasteiger partial charge >= 0.3 is 18.1 Å². The van der Waals surface area contributed by atoms with Gasteiger partial charge in [-0.2, -0.15) is 0 Å². The number of hydrogen-bond acceptors (Lipinski definition) is 13. The number of urea groups is 3. The Hall–Kier alpha value is -8.12. The first kappa shape index (κ1) is 58.1. The van der Waals surface area contributed by atoms with Crippen LogP contribution < -0.4 is 20.7 Å². The van der Waals surface area contributed by atoms with Gasteiger partial charge in [0.15, 0.2) is 0 Å². The molecule has 83 heavy (non-hydrogen) atoms. The third-order valence-electron chi connectivity index (χ3n) is 17.1. The van der Waals surface area contributed by atoms with Gasteiger partial charge in [0.2, 0.25) is 35.4 Å². The van der Waals surface area contributed by atoms with Crippen molar-refractivity contribution in [1.29, 1.82) is 0 Å². The molecule has 8 aliphatic rings. The van der Waals surface area contributed by atoms with Crippen molar-refractivity contribution in [1.82, 2.24) is 60.0 Å². The van der Waals surface area contributed by atoms with E-state index in [2.05, 4.69) is 16.0 Å². The van der Waals surface area contributed by atoms with Crippen LogP contribution in [0.2, 0.25) is 0 Å². The molecule has 10 rings (SSSR count). The number of imide groups is 3. The van der Waals surface area contributed by atoms with Crippen LogP contribution in [0.15, 0.2) is 54.6 Å². The molecular weight excluding hydrogens is 1070 g/mol. The van der Waals surface area contributed by atoms with E-state index in [-0.39, 0.29) is 69.4 Å². The highest BCUT2D eigenvalue weighted by atomic mass is 16.5. The molecule has 7 saturated heterocycles. The topological polar surface area (TPSA) is 279 Å². The van der Waals surface area contributed by atoms with E-state index in [1.165, 1.54) is 21.8 Å². The van der Waals surface area contributed by atoms with Crippen LogP contribution in [0.3, 0.4) is 0 Å². The monoisotopic (exact) mass is 1150 g/mol. The molecule has 8 fully saturated rings. The summed E-state index contributed by atoms with van der Waals surface area (Å²) in [4.78, 5) is 189. The zero-order chi connectivity index (χ0) is 59.6. The van der Waals surface area contributed by atoms with E-state index in [9.17, 15) is 28.8 Å². The highest BCUT2D eigenvalue weighted by molar-refractivity contribution is 6.11. The quantitative estimate of drug-likeness (QED) is 0.236. The Morgan fingerprint density at radius 1 is 0.470 bits per heavy atom. The Bertz CT molecular complexity index is 3030. The molecule has 1 aliphatic carbocycles. The van der Waals surface area contributed by atoms with Crippen molar-refractivity contribution >= 4 is 71.3 Å². The normalized spacial score (nSPS) is 28.4. The SMILES string of the molecule is COc1ccc(CN2C(=O)N[C@]3(C[C@H]4C(=O)N(CC(C)C)CC(=O)N5C[C@]6(C[C@H]5C(=O)N(CC(C)C)CC(=O)N5C[C@]7(C[C@H]5C(=O)N(CC(C)C)CC(=O)N4C3)NC(=O)N(CC3CC3)C7=O)NC(=O)N(Cc3ccccc3)C6=O)C2=O)cc1. The Morgan fingerprint density at radius 3 is 1.14 bits per heavy atom. The third-order valence-corrected chi connectivity index (χ3v) is 17.1. The predicted molar refractivity (Wildman–Crippen MR) is 293 cm³/mol. The van der Waals surface area contributed by atoms with E-state index >= 15 is 28.8 Å². The van der Waals surface area contributed by atoms with Gasteiger partial charge in [-0.05, 0) is 59.8 Å². The largest absolute Gasteiger partial charge is 0.497 e. The molecule has 25 heteroatoms. The molecule has 0 bridgehead atoms. The lowest BCUT2D eigenvalue weighted by Gasteiger charge is -2.36. The van der Waals surface area contributed by atoms with Crippen LogP contribution in [0.5, 0.6) is 5.75 Å². The van der Waals surface area contributed by atoms with Crippen LogP contribution >= 0.6 is 0 Å². The molecule has 7 aliphatic heterocycles. The van der Waals surface area contributed by atoms with Gasteiger partial charge in [-0.1, -0.05) is 84.0 Å². The molecule has 3 N–H and O–H groups in total. The molecule has 0 unspecified atom stereocenters. The maximum atomic E-state index is 15.6. The van der Waals surface area contributed by atoms with Gasteiger partial charge in [-0.25, -0.2) is 14.4 Å². The molecule has 0 radical (unpaired) electrons. The summed E-state index contributed by atoms with van der Waals surface area (Å²) >= 11 is 0. The molecular formula is C58H74N12O13. The number of nitrogens with one attached hydrogen (secondary N) is 3. The fourth-order valence-electron chi connectivity index (χ4n) is 13.0. The van der Waals surface area contributed by atoms with Crippen LogP contribution in [0.25, 0.3) is 0 Å². The lowest BCUT2D eigenvalue weighted by Crippen LogP contribution is -2.58. The second-order valence-electron chi connectivity index (χ2n) is 25.1. The van der Waals surface area contributed by atoms with Gasteiger partial charge in [-0.3, -0.25) is 57.9 Å². The standard InChI is InChI=1S/C58H74N12O13/c1-34(2)22-62-29-45(72)69-32-57(51(78)66(54(81)60-57)26-38-13-14-38)20-42(69)48(75)64(24-36(5)6)30-46(73)70-33-58(52(79)67(55(82)61-58)27-39-15-17-40(83-7)18-16-39)21-43(70)49(76)63(23-35(3)4)28-44(71)68-31-56(19-41(68)47(62)74)50(77)65(53(80)59-56)25-37-11-9-8-10-12-37/h8-12,15-18,34-36,38,41-43H,13-14,19-33H2,1-7H3,(H,59,80)(H,60,81)(H,61,82)/t41-,42-,43-,56-,57-,58-/m0/s1. The van der Waals surface area contributed by atoms with E-state index in [0.29, 0.717) is 16.9 Å². The van der Waals surface area contributed by atoms with Gasteiger partial charge in [-0.15, -0.1) is 0 Å². The number of amides is 15. The summed E-state index contributed by atoms with van der Waals surface area (Å²) in [6, 6.07) is 8.70. The molecule has 25 nitrogen and oxygen atoms in total.